The van der Waals surface area contributed by atoms with Crippen molar-refractivity contribution in [1.82, 2.24) is 0 Å². The van der Waals surface area contributed by atoms with Crippen LogP contribution in [0.2, 0.25) is 79.0 Å². The number of aliphatic hydroxyl groups excluding tert-OH is 8. The first-order valence-electron chi connectivity index (χ1n) is 41.3. The molecule has 51 heteroatoms. The number of carboxylic acids is 1. The molecule has 5 fully saturated rings. The van der Waals surface area contributed by atoms with Crippen LogP contribution in [0, 0.1) is 23.6 Å². The van der Waals surface area contributed by atoms with Gasteiger partial charge in [-0.2, -0.15) is 0 Å². The van der Waals surface area contributed by atoms with Crippen molar-refractivity contribution in [2.24, 2.45) is 17.8 Å². The number of esters is 8. The molecule has 4 radical (unpaired) electrons. The van der Waals surface area contributed by atoms with Gasteiger partial charge in [0.15, 0.2) is 55.5 Å². The summed E-state index contributed by atoms with van der Waals surface area (Å²) in [6, 6.07) is 31.9. The normalized spacial score (nSPS) is 27.0. The van der Waals surface area contributed by atoms with Crippen LogP contribution in [0.3, 0.4) is 0 Å². The average molecular weight is 2880 g/mol. The second-order valence-electron chi connectivity index (χ2n) is 33.4. The van der Waals surface area contributed by atoms with Gasteiger partial charge in [0, 0.05) is 173 Å². The monoisotopic (exact) mass is 2870 g/mol. The number of aromatic carboxylic acids is 1. The maximum Gasteiger partial charge on any atom is 0.338 e. The van der Waals surface area contributed by atoms with Gasteiger partial charge in [0.2, 0.25) is 11.6 Å². The molecular formula is C88H125BBrCl4FI6O34Si3V-. The molecule has 5 saturated heterocycles. The fourth-order valence-corrected chi connectivity index (χ4v) is 16.9. The van der Waals surface area contributed by atoms with Crippen LogP contribution in [0.25, 0.3) is 0 Å². The van der Waals surface area contributed by atoms with Crippen molar-refractivity contribution in [3.8, 4) is 0 Å². The molecule has 0 spiro atoms. The number of carboxylic acid groups (broad SMARTS) is 1. The molecule has 5 aromatic rings. The van der Waals surface area contributed by atoms with Crippen LogP contribution in [0.15, 0.2) is 126 Å². The summed E-state index contributed by atoms with van der Waals surface area (Å²) in [4.78, 5) is 103. The minimum atomic E-state index is -1.89. The number of hydrogen-bond donors (Lipinski definition) is 9. The molecule has 0 saturated carbocycles. The molecule has 5 heterocycles. The van der Waals surface area contributed by atoms with Crippen LogP contribution in [-0.4, -0.2) is 284 Å². The number of rotatable bonds is 23. The minimum Gasteiger partial charge on any atom is -0.478 e. The number of ether oxygens (including phenoxy) is 13. The summed E-state index contributed by atoms with van der Waals surface area (Å²) < 4.78 is 103. The number of carbonyl (C=O) groups is 9. The zero-order chi connectivity index (χ0) is 103. The molecule has 5 aliphatic rings. The Bertz CT molecular complexity index is 4470. The summed E-state index contributed by atoms with van der Waals surface area (Å²) in [5.41, 5.74) is 1.71. The fraction of sp³-hybridized carbons (Fsp3) is 0.557. The Morgan fingerprint density at radius 3 is 1.25 bits per heavy atom. The Morgan fingerprint density at radius 2 is 0.856 bits per heavy atom. The van der Waals surface area contributed by atoms with E-state index in [1.807, 2.05) is 24.3 Å². The van der Waals surface area contributed by atoms with Crippen molar-refractivity contribution in [2.45, 2.75) is 250 Å². The molecule has 0 amide bonds. The molecule has 5 aromatic carbocycles. The topological polar surface area (TPSA) is 483 Å². The maximum atomic E-state index is 12.6. The van der Waals surface area contributed by atoms with Crippen LogP contribution in [0.4, 0.5) is 4.39 Å². The third kappa shape index (κ3) is 47.8. The number of methoxy groups -OCH3 is 2. The van der Waals surface area contributed by atoms with Gasteiger partial charge in [-0.25, -0.2) is 18.8 Å². The number of hydrogen-bond acceptors (Lipinski definition) is 33. The van der Waals surface area contributed by atoms with Crippen LogP contribution >= 0.6 is 161 Å². The Balaban J connectivity index is -0.00000158. The Hall–Kier alpha value is -2.06. The van der Waals surface area contributed by atoms with Crippen LogP contribution in [0.5, 0.6) is 0 Å². The number of aliphatic hydroxyl groups is 8. The van der Waals surface area contributed by atoms with Gasteiger partial charge in [-0.15, -0.1) is 24.0 Å². The molecule has 9 N–H and O–H groups in total. The van der Waals surface area contributed by atoms with E-state index < -0.39 is 207 Å². The van der Waals surface area contributed by atoms with Gasteiger partial charge in [-0.1, -0.05) is 127 Å². The van der Waals surface area contributed by atoms with E-state index >= 15 is 0 Å². The first-order chi connectivity index (χ1) is 62.8. The van der Waals surface area contributed by atoms with E-state index in [-0.39, 0.29) is 107 Å². The average Bonchev–Trinajstić information content (AvgIpc) is 0.746. The number of carbonyl (C=O) groups excluding carboxylic acids is 8. The Morgan fingerprint density at radius 1 is 0.482 bits per heavy atom. The molecule has 0 aliphatic carbocycles. The number of benzene rings is 5. The van der Waals surface area contributed by atoms with Crippen molar-refractivity contribution < 1.29 is 200 Å². The van der Waals surface area contributed by atoms with Crippen molar-refractivity contribution in [1.29, 1.82) is 0 Å². The first kappa shape index (κ1) is 141. The van der Waals surface area contributed by atoms with Crippen molar-refractivity contribution in [3.05, 3.63) is 174 Å². The first-order valence-corrected chi connectivity index (χ1v) is 72.7. The number of cyclic esters (lactones) is 2. The molecule has 0 unspecified atom stereocenters. The van der Waals surface area contributed by atoms with Gasteiger partial charge in [0.1, 0.15) is 86.2 Å². The molecule has 0 bridgehead atoms. The van der Waals surface area contributed by atoms with E-state index in [1.54, 1.807) is 86.6 Å². The van der Waals surface area contributed by atoms with Crippen molar-refractivity contribution in [2.75, 3.05) is 47.3 Å². The molecule has 23 atom stereocenters. The van der Waals surface area contributed by atoms with Gasteiger partial charge in [-0.3, -0.25) is 28.8 Å². The van der Waals surface area contributed by atoms with E-state index in [1.165, 1.54) is 67.9 Å². The summed E-state index contributed by atoms with van der Waals surface area (Å²) in [5.74, 6) is -10.0. The molecule has 786 valence electrons. The van der Waals surface area contributed by atoms with Crippen LogP contribution < -0.4 is 13.3 Å². The second-order valence-corrected chi connectivity index (χ2v) is 65.7. The van der Waals surface area contributed by atoms with Gasteiger partial charge in [0.25, 0.3) is 0 Å². The second kappa shape index (κ2) is 68.6. The van der Waals surface area contributed by atoms with E-state index in [0.29, 0.717) is 51.6 Å². The maximum absolute atomic E-state index is 12.6. The zero-order valence-corrected chi connectivity index (χ0v) is 101. The van der Waals surface area contributed by atoms with Gasteiger partial charge in [0.05, 0.1) is 37.6 Å². The third-order valence-corrected chi connectivity index (χ3v) is 24.2. The van der Waals surface area contributed by atoms with Crippen molar-refractivity contribution in [3.63, 3.8) is 0 Å². The van der Waals surface area contributed by atoms with Crippen LogP contribution in [-0.2, 0) is 143 Å². The van der Waals surface area contributed by atoms with Gasteiger partial charge in [-0.05, 0) is 149 Å². The largest absolute Gasteiger partial charge is 0.478 e. The van der Waals surface area contributed by atoms with E-state index in [0.717, 1.165) is 21.6 Å². The van der Waals surface area contributed by atoms with Gasteiger partial charge < -0.3 is 121 Å². The predicted octanol–water partition coefficient (Wildman–Crippen LogP) is 11.9. The third-order valence-electron chi connectivity index (χ3n) is 19.7. The summed E-state index contributed by atoms with van der Waals surface area (Å²) in [6.07, 6.45) is -18.2. The van der Waals surface area contributed by atoms with E-state index in [9.17, 15) is 68.0 Å². The Labute approximate surface area is 926 Å². The zero-order valence-electron chi connectivity index (χ0n) is 79.0. The molecule has 5 aliphatic heterocycles. The molecular weight excluding hydrogens is 2750 g/mol. The molecule has 34 nitrogen and oxygen atoms in total. The molecule has 10 rings (SSSR count). The number of halogens is 12. The van der Waals surface area contributed by atoms with Gasteiger partial charge >= 0.3 is 104 Å². The summed E-state index contributed by atoms with van der Waals surface area (Å²) >= 11 is 36.2. The fourth-order valence-electron chi connectivity index (χ4n) is 13.3. The van der Waals surface area contributed by atoms with Crippen LogP contribution in [0.1, 0.15) is 103 Å². The molecule has 139 heavy (non-hydrogen) atoms. The van der Waals surface area contributed by atoms with E-state index in [4.69, 9.17) is 142 Å². The SMILES string of the molecule is C.CC(=O)OC[C@H]1O[C@@H](c2ccc(Cl)cc2)[C@H](OC(C)=O)[C@@H](OC(C)=O)[C@@H]1C.CO[C@@]1(c2ccc(Cl)cc2)O[C@H](CO)[C@@H](O)[C@H](O)[C@H]1O.CO[C@@]1(c2ccc(Cl)cc2)O[C@H](COC(C)=O)[C@@H](C)[C@H](OC(C)=O)[C@H]1OC(C)=O.C[C@H]1[C@H](O[Si](C)(C)C)[C@@H](O[Si](C)(C)C)C(=O)O[C@@H]1CO[Si](C)(C)C.Clc1ccc(Br)cc1.I.II.I[I-]I.O=C(O)c1ccc(F)cc1.O=C1O[C@H](CO)[C@@H](O)[C@H](O)[C@H]1O.[B].[V]. The predicted molar refractivity (Wildman–Crippen MR) is 564 cm³/mol. The summed E-state index contributed by atoms with van der Waals surface area (Å²) in [6.45, 7) is 31.5. The van der Waals surface area contributed by atoms with E-state index in [2.05, 4.69) is 161 Å². The molecule has 0 aromatic heterocycles. The summed E-state index contributed by atoms with van der Waals surface area (Å²) in [5, 5.41) is 85.3. The summed E-state index contributed by atoms with van der Waals surface area (Å²) in [7, 11) is -2.70. The Kier molecular flexibility index (Phi) is 69.6. The quantitative estimate of drug-likeness (QED) is 0.0127. The smallest absolute Gasteiger partial charge is 0.338 e. The standard InChI is InChI=1S/C20H25ClO8.C19H23ClO7.C16H36O5Si3.C13H17ClO6.C7H5FO2.C6H4BrCl.C6H10O6.CH4.B.I3.I2.HI.V/c1-11-17(10-26-12(2)22)29-20(25-5,15-6-8-16(21)9-7-15)19(28-14(4)24)18(11)27-13(3)23;1-10-16(9-24-11(2)21)27-18(14-5-7-15(20)8-6-14)19(26-13(4)23)17(10)25-12(3)22;1-12-13(11-18-22(2,3)4)19-16(17)15(21-24(8,9)10)14(12)20-23(5,6)7;1-19-13(7-2-4-8(14)5-3-7)12(18)11(17)10(16)9(6-15)20-13;8-6-3-1-5(2-4-6)7(9)10;7-5-1-3-6(8)4-2-5;7-1-2-3(8)4(9)5(10)6(11)12-2;;;1-3-2;1-2;;/h6-9,11,17-19H,10H2,1-5H3;5-8,10,16-19H,9H2,1-4H3;12-15H,11H2,1-10H3;2-5,9-12,15-18H,6H2,1H3;1-4H,(H,9,10);1-4H;2-5,7-10H,1H2;1H4;;;;1H;/q;;;;;;;;;-1;;;/t11-,17-,18+,19-,20+;10-,16-,17+,18+,19-;12-,13-,14+,15-;9-,10-,11+,12-,13+;;;2-,3-,4+,5-;;;;;;/m1111..1....../s1. The minimum absolute atomic E-state index is 0. The van der Waals surface area contributed by atoms with Crippen molar-refractivity contribution >= 4 is 248 Å².